The SMILES string of the molecule is O=C(O)c1ccc2[n-]c(=N[CH]=[W])n(Cc3ccccc3)c(=O)c2c1. The van der Waals surface area contributed by atoms with Crippen molar-refractivity contribution in [2.75, 3.05) is 0 Å². The molecule has 3 rings (SSSR count). The quantitative estimate of drug-likeness (QED) is 0.590. The summed E-state index contributed by atoms with van der Waals surface area (Å²) in [5.74, 6) is -1.08. The van der Waals surface area contributed by atoms with E-state index in [1.54, 1.807) is 4.52 Å². The van der Waals surface area contributed by atoms with Crippen molar-refractivity contribution in [2.45, 2.75) is 6.54 Å². The average molecular weight is 490 g/mol. The molecule has 0 spiro atoms. The van der Waals surface area contributed by atoms with Gasteiger partial charge in [0.25, 0.3) is 0 Å². The van der Waals surface area contributed by atoms with Crippen LogP contribution in [0.1, 0.15) is 15.9 Å². The molecule has 1 heterocycles. The second kappa shape index (κ2) is 6.89. The number of aromatic carboxylic acids is 1. The number of fused-ring (bicyclic) bond motifs is 1. The van der Waals surface area contributed by atoms with E-state index < -0.39 is 5.97 Å². The van der Waals surface area contributed by atoms with Gasteiger partial charge in [0, 0.05) is 0 Å². The van der Waals surface area contributed by atoms with Crippen LogP contribution >= 0.6 is 0 Å². The predicted molar refractivity (Wildman–Crippen MR) is 85.7 cm³/mol. The summed E-state index contributed by atoms with van der Waals surface area (Å²) in [7, 11) is 0. The number of nitrogens with zero attached hydrogens (tertiary/aromatic N) is 3. The van der Waals surface area contributed by atoms with Crippen molar-refractivity contribution >= 4 is 21.4 Å². The summed E-state index contributed by atoms with van der Waals surface area (Å²) in [5, 5.41) is 9.40. The molecule has 0 aliphatic carbocycles. The third-order valence-electron chi connectivity index (χ3n) is 3.53. The van der Waals surface area contributed by atoms with Crippen LogP contribution in [0.2, 0.25) is 0 Å². The summed E-state index contributed by atoms with van der Waals surface area (Å²) in [5.41, 5.74) is 1.45. The van der Waals surface area contributed by atoms with E-state index in [4.69, 9.17) is 5.11 Å². The first kappa shape index (κ1) is 16.3. The van der Waals surface area contributed by atoms with Gasteiger partial charge in [0.1, 0.15) is 0 Å². The van der Waals surface area contributed by atoms with E-state index in [2.05, 4.69) is 9.98 Å². The third kappa shape index (κ3) is 3.19. The fraction of sp³-hybridized carbons (Fsp3) is 0.0588. The van der Waals surface area contributed by atoms with E-state index in [9.17, 15) is 9.59 Å². The van der Waals surface area contributed by atoms with Gasteiger partial charge in [-0.25, -0.2) is 0 Å². The van der Waals surface area contributed by atoms with Crippen LogP contribution in [0.15, 0.2) is 58.3 Å². The zero-order chi connectivity index (χ0) is 17.1. The number of hydrogen-bond donors (Lipinski definition) is 1. The van der Waals surface area contributed by atoms with Crippen molar-refractivity contribution in [3.8, 4) is 0 Å². The molecular weight excluding hydrogens is 478 g/mol. The fourth-order valence-electron chi connectivity index (χ4n) is 2.40. The molecule has 0 amide bonds. The van der Waals surface area contributed by atoms with Crippen molar-refractivity contribution in [3.05, 3.63) is 75.6 Å². The summed E-state index contributed by atoms with van der Waals surface area (Å²) in [6, 6.07) is 13.8. The van der Waals surface area contributed by atoms with Crippen molar-refractivity contribution in [1.29, 1.82) is 0 Å². The van der Waals surface area contributed by atoms with Crippen molar-refractivity contribution in [3.63, 3.8) is 0 Å². The van der Waals surface area contributed by atoms with Gasteiger partial charge in [0.05, 0.1) is 0 Å². The van der Waals surface area contributed by atoms with Crippen LogP contribution in [0.5, 0.6) is 0 Å². The number of carboxylic acid groups (broad SMARTS) is 1. The van der Waals surface area contributed by atoms with Crippen molar-refractivity contribution in [2.24, 2.45) is 4.99 Å². The van der Waals surface area contributed by atoms with Crippen LogP contribution in [0, 0.1) is 0 Å². The van der Waals surface area contributed by atoms with Gasteiger partial charge in [-0.15, -0.1) is 0 Å². The average Bonchev–Trinajstić information content (AvgIpc) is 2.59. The first-order valence-corrected chi connectivity index (χ1v) is 8.76. The predicted octanol–water partition coefficient (Wildman–Crippen LogP) is 0.912. The topological polar surface area (TPSA) is 85.8 Å². The summed E-state index contributed by atoms with van der Waals surface area (Å²) in [4.78, 5) is 32.6. The summed E-state index contributed by atoms with van der Waals surface area (Å²) < 4.78 is 3.11. The van der Waals surface area contributed by atoms with Gasteiger partial charge in [-0.1, -0.05) is 0 Å². The molecule has 6 nitrogen and oxygen atoms in total. The zero-order valence-electron chi connectivity index (χ0n) is 12.4. The van der Waals surface area contributed by atoms with E-state index in [1.807, 2.05) is 30.3 Å². The van der Waals surface area contributed by atoms with E-state index in [1.165, 1.54) is 22.8 Å². The third-order valence-corrected chi connectivity index (χ3v) is 3.91. The Labute approximate surface area is 147 Å². The molecule has 120 valence electrons. The van der Waals surface area contributed by atoms with E-state index >= 15 is 0 Å². The normalized spacial score (nSPS) is 11.6. The Hall–Kier alpha value is -2.59. The molecule has 0 aliphatic rings. The first-order chi connectivity index (χ1) is 11.6. The molecular formula is C17H12N3O3W-. The van der Waals surface area contributed by atoms with Gasteiger partial charge in [-0.2, -0.15) is 0 Å². The Morgan fingerprint density at radius 1 is 1.25 bits per heavy atom. The fourth-order valence-corrected chi connectivity index (χ4v) is 2.74. The Morgan fingerprint density at radius 2 is 2.00 bits per heavy atom. The van der Waals surface area contributed by atoms with Gasteiger partial charge in [0.15, 0.2) is 0 Å². The maximum atomic E-state index is 12.9. The number of rotatable bonds is 4. The van der Waals surface area contributed by atoms with Gasteiger partial charge < -0.3 is 0 Å². The molecule has 7 heteroatoms. The number of carboxylic acids is 1. The van der Waals surface area contributed by atoms with Crippen molar-refractivity contribution in [1.82, 2.24) is 9.55 Å². The van der Waals surface area contributed by atoms with Gasteiger partial charge in [-0.05, 0) is 0 Å². The Balaban J connectivity index is 2.28. The minimum absolute atomic E-state index is 0.0591. The number of carbonyl (C=O) groups is 1. The summed E-state index contributed by atoms with van der Waals surface area (Å²) in [6.07, 6.45) is 0. The molecule has 0 radical (unpaired) electrons. The van der Waals surface area contributed by atoms with Crippen LogP contribution in [0.3, 0.4) is 0 Å². The maximum absolute atomic E-state index is 12.9. The monoisotopic (exact) mass is 490 g/mol. The molecule has 0 aliphatic heterocycles. The minimum atomic E-state index is -1.08. The molecule has 1 aromatic heterocycles. The van der Waals surface area contributed by atoms with E-state index in [0.717, 1.165) is 24.9 Å². The van der Waals surface area contributed by atoms with Crippen LogP contribution in [-0.4, -0.2) is 20.2 Å². The Morgan fingerprint density at radius 3 is 2.67 bits per heavy atom. The van der Waals surface area contributed by atoms with Crippen LogP contribution in [-0.2, 0) is 25.9 Å². The number of benzene rings is 2. The van der Waals surface area contributed by atoms with Crippen LogP contribution in [0.4, 0.5) is 0 Å². The molecule has 0 atom stereocenters. The standard InChI is InChI=1S/C17H13N3O3.W/c1-18-17-19-14-8-7-12(16(22)23)9-13(14)15(21)20(17)10-11-5-3-2-4-6-11;/h1-9H,10H2,(H2,19,21,22,23);/p-1. The number of hydrogen-bond acceptors (Lipinski definition) is 3. The summed E-state index contributed by atoms with van der Waals surface area (Å²) in [6.45, 7) is 0.321. The van der Waals surface area contributed by atoms with Crippen LogP contribution < -0.4 is 16.2 Å². The molecule has 0 unspecified atom stereocenters. The molecule has 0 fully saturated rings. The molecule has 0 bridgehead atoms. The molecule has 0 saturated heterocycles. The number of aromatic nitrogens is 2. The van der Waals surface area contributed by atoms with Gasteiger partial charge in [0.2, 0.25) is 0 Å². The van der Waals surface area contributed by atoms with Gasteiger partial charge in [-0.3, -0.25) is 0 Å². The second-order valence-corrected chi connectivity index (χ2v) is 5.82. The molecule has 0 saturated carbocycles. The van der Waals surface area contributed by atoms with Crippen LogP contribution in [0.25, 0.3) is 10.9 Å². The van der Waals surface area contributed by atoms with E-state index in [0.29, 0.717) is 17.7 Å². The molecule has 3 aromatic rings. The summed E-state index contributed by atoms with van der Waals surface area (Å²) >= 11 is 1.15. The molecule has 24 heavy (non-hydrogen) atoms. The molecule has 1 N–H and O–H groups in total. The first-order valence-electron chi connectivity index (χ1n) is 7.06. The Bertz CT molecular complexity index is 1050. The zero-order valence-corrected chi connectivity index (χ0v) is 15.4. The molecule has 2 aromatic carbocycles. The van der Waals surface area contributed by atoms with Crippen molar-refractivity contribution < 1.29 is 29.3 Å². The second-order valence-electron chi connectivity index (χ2n) is 5.06. The van der Waals surface area contributed by atoms with Gasteiger partial charge >= 0.3 is 147 Å². The Kier molecular flexibility index (Phi) is 4.67. The van der Waals surface area contributed by atoms with E-state index in [-0.39, 0.29) is 16.5 Å².